The second kappa shape index (κ2) is 8.46. The molecule has 0 saturated carbocycles. The molecule has 0 bridgehead atoms. The maximum absolute atomic E-state index is 12.8. The molecule has 29 heavy (non-hydrogen) atoms. The minimum atomic E-state index is -1.23. The van der Waals surface area contributed by atoms with Crippen LogP contribution in [-0.2, 0) is 14.2 Å². The van der Waals surface area contributed by atoms with Crippen molar-refractivity contribution in [3.63, 3.8) is 0 Å². The first-order chi connectivity index (χ1) is 13.1. The molecule has 0 heterocycles. The zero-order valence-corrected chi connectivity index (χ0v) is 17.8. The van der Waals surface area contributed by atoms with Crippen molar-refractivity contribution in [1.82, 2.24) is 0 Å². The highest BCUT2D eigenvalue weighted by Gasteiger charge is 2.40. The Hall–Kier alpha value is -3.17. The van der Waals surface area contributed by atoms with Crippen LogP contribution in [0.1, 0.15) is 57.5 Å². The number of methoxy groups -OCH3 is 1. The summed E-state index contributed by atoms with van der Waals surface area (Å²) in [5.74, 6) is -0.969. The van der Waals surface area contributed by atoms with E-state index in [1.54, 1.807) is 41.5 Å². The number of hydrogen-bond donors (Lipinski definition) is 0. The molecule has 1 aromatic rings. The number of rotatable bonds is 3. The topological polar surface area (TPSA) is 125 Å². The van der Waals surface area contributed by atoms with Gasteiger partial charge in [0.2, 0.25) is 0 Å². The lowest BCUT2D eigenvalue weighted by Gasteiger charge is -2.29. The normalized spacial score (nSPS) is 11.4. The summed E-state index contributed by atoms with van der Waals surface area (Å²) in [6, 6.07) is 2.40. The molecule has 0 fully saturated rings. The van der Waals surface area contributed by atoms with Gasteiger partial charge in [-0.3, -0.25) is 10.1 Å². The summed E-state index contributed by atoms with van der Waals surface area (Å²) in [5.41, 5.74) is -3.28. The summed E-state index contributed by atoms with van der Waals surface area (Å²) in [6.45, 7) is 10.9. The van der Waals surface area contributed by atoms with Gasteiger partial charge in [0.25, 0.3) is 5.69 Å². The molecule has 1 aromatic carbocycles. The standard InChI is InChI=1S/C19H26N2O8/c1-11-9-12(15(22)27-8)14(13(10-11)21(25)26)20(16(23)28-18(2,3)4)17(24)29-19(5,6)7/h9-10H,1-8H3. The van der Waals surface area contributed by atoms with Gasteiger partial charge in [-0.15, -0.1) is 0 Å². The first-order valence-corrected chi connectivity index (χ1v) is 8.71. The SMILES string of the molecule is COC(=O)c1cc(C)cc([N+](=O)[O-])c1N(C(=O)OC(C)(C)C)C(=O)OC(C)(C)C. The summed E-state index contributed by atoms with van der Waals surface area (Å²) in [7, 11) is 1.07. The van der Waals surface area contributed by atoms with E-state index in [4.69, 9.17) is 9.47 Å². The summed E-state index contributed by atoms with van der Waals surface area (Å²) >= 11 is 0. The van der Waals surface area contributed by atoms with Gasteiger partial charge in [-0.05, 0) is 60.1 Å². The third kappa shape index (κ3) is 6.44. The number of esters is 1. The Morgan fingerprint density at radius 1 is 0.966 bits per heavy atom. The molecular formula is C19H26N2O8. The molecule has 0 aliphatic heterocycles. The third-order valence-electron chi connectivity index (χ3n) is 3.21. The second-order valence-electron chi connectivity index (χ2n) is 8.23. The van der Waals surface area contributed by atoms with Crippen molar-refractivity contribution in [3.05, 3.63) is 33.4 Å². The second-order valence-corrected chi connectivity index (χ2v) is 8.23. The monoisotopic (exact) mass is 410 g/mol. The molecule has 0 N–H and O–H groups in total. The zero-order valence-electron chi connectivity index (χ0n) is 17.8. The summed E-state index contributed by atoms with van der Waals surface area (Å²) in [5, 5.41) is 11.7. The van der Waals surface area contributed by atoms with Crippen LogP contribution in [0.4, 0.5) is 21.0 Å². The molecule has 0 saturated heterocycles. The van der Waals surface area contributed by atoms with Gasteiger partial charge in [0.1, 0.15) is 11.2 Å². The Balaban J connectivity index is 3.83. The Kier molecular flexibility index (Phi) is 6.96. The fourth-order valence-corrected chi connectivity index (χ4v) is 2.27. The minimum absolute atomic E-state index is 0.348. The number of ether oxygens (including phenoxy) is 3. The number of imide groups is 1. The number of nitro benzene ring substituents is 1. The number of nitro groups is 1. The molecule has 0 spiro atoms. The molecule has 0 unspecified atom stereocenters. The van der Waals surface area contributed by atoms with Gasteiger partial charge >= 0.3 is 18.2 Å². The first-order valence-electron chi connectivity index (χ1n) is 8.71. The molecule has 10 nitrogen and oxygen atoms in total. The lowest BCUT2D eigenvalue weighted by atomic mass is 10.1. The number of carbonyl (C=O) groups is 3. The van der Waals surface area contributed by atoms with Crippen LogP contribution < -0.4 is 4.90 Å². The van der Waals surface area contributed by atoms with Crippen molar-refractivity contribution in [2.75, 3.05) is 12.0 Å². The first kappa shape index (κ1) is 23.9. The number of amides is 2. The Morgan fingerprint density at radius 3 is 1.76 bits per heavy atom. The third-order valence-corrected chi connectivity index (χ3v) is 3.21. The van der Waals surface area contributed by atoms with Crippen molar-refractivity contribution in [1.29, 1.82) is 0 Å². The van der Waals surface area contributed by atoms with Crippen molar-refractivity contribution in [3.8, 4) is 0 Å². The van der Waals surface area contributed by atoms with Crippen LogP contribution >= 0.6 is 0 Å². The minimum Gasteiger partial charge on any atom is -0.465 e. The lowest BCUT2D eigenvalue weighted by Crippen LogP contribution is -2.44. The van der Waals surface area contributed by atoms with Crippen molar-refractivity contribution in [2.24, 2.45) is 0 Å². The molecule has 2 amide bonds. The molecule has 10 heteroatoms. The maximum atomic E-state index is 12.8. The van der Waals surface area contributed by atoms with Crippen LogP contribution in [0.25, 0.3) is 0 Å². The van der Waals surface area contributed by atoms with E-state index in [0.717, 1.165) is 13.2 Å². The number of hydrogen-bond acceptors (Lipinski definition) is 8. The van der Waals surface area contributed by atoms with E-state index in [1.807, 2.05) is 0 Å². The molecular weight excluding hydrogens is 384 g/mol. The highest BCUT2D eigenvalue weighted by atomic mass is 16.6. The Labute approximate surface area is 168 Å². The van der Waals surface area contributed by atoms with Gasteiger partial charge in [-0.25, -0.2) is 14.4 Å². The van der Waals surface area contributed by atoms with Crippen molar-refractivity contribution < 1.29 is 33.5 Å². The van der Waals surface area contributed by atoms with Crippen LogP contribution in [0.15, 0.2) is 12.1 Å². The number of benzene rings is 1. The van der Waals surface area contributed by atoms with E-state index in [-0.39, 0.29) is 5.56 Å². The smallest absolute Gasteiger partial charge is 0.424 e. The maximum Gasteiger partial charge on any atom is 0.424 e. The molecule has 0 aliphatic rings. The van der Waals surface area contributed by atoms with Crippen LogP contribution in [0.3, 0.4) is 0 Å². The highest BCUT2D eigenvalue weighted by Crippen LogP contribution is 2.36. The Bertz CT molecular complexity index is 806. The number of nitrogens with zero attached hydrogens (tertiary/aromatic N) is 2. The molecule has 0 atom stereocenters. The van der Waals surface area contributed by atoms with E-state index < -0.39 is 45.7 Å². The predicted molar refractivity (Wildman–Crippen MR) is 104 cm³/mol. The molecule has 0 aliphatic carbocycles. The quantitative estimate of drug-likeness (QED) is 0.311. The number of carbonyl (C=O) groups excluding carboxylic acids is 3. The van der Waals surface area contributed by atoms with E-state index in [2.05, 4.69) is 4.74 Å². The average Bonchev–Trinajstić information content (AvgIpc) is 2.51. The van der Waals surface area contributed by atoms with E-state index in [9.17, 15) is 24.5 Å². The summed E-state index contributed by atoms with van der Waals surface area (Å²) < 4.78 is 15.2. The van der Waals surface area contributed by atoms with Gasteiger partial charge in [-0.1, -0.05) is 0 Å². The van der Waals surface area contributed by atoms with Crippen molar-refractivity contribution >= 4 is 29.5 Å². The largest absolute Gasteiger partial charge is 0.465 e. The molecule has 0 radical (unpaired) electrons. The van der Waals surface area contributed by atoms with E-state index in [0.29, 0.717) is 10.5 Å². The fraction of sp³-hybridized carbons (Fsp3) is 0.526. The van der Waals surface area contributed by atoms with Crippen LogP contribution in [-0.4, -0.2) is 41.4 Å². The fourth-order valence-electron chi connectivity index (χ4n) is 2.27. The lowest BCUT2D eigenvalue weighted by molar-refractivity contribution is -0.384. The van der Waals surface area contributed by atoms with Crippen molar-refractivity contribution in [2.45, 2.75) is 59.7 Å². The van der Waals surface area contributed by atoms with Gasteiger partial charge in [-0.2, -0.15) is 4.90 Å². The highest BCUT2D eigenvalue weighted by molar-refractivity contribution is 6.15. The molecule has 0 aromatic heterocycles. The Morgan fingerprint density at radius 2 is 1.41 bits per heavy atom. The average molecular weight is 410 g/mol. The molecule has 160 valence electrons. The van der Waals surface area contributed by atoms with Crippen LogP contribution in [0.5, 0.6) is 0 Å². The van der Waals surface area contributed by atoms with E-state index in [1.165, 1.54) is 13.0 Å². The predicted octanol–water partition coefficient (Wildman–Crippen LogP) is 4.37. The summed E-state index contributed by atoms with van der Waals surface area (Å²) in [4.78, 5) is 49.2. The van der Waals surface area contributed by atoms with Gasteiger partial charge in [0.15, 0.2) is 5.69 Å². The number of anilines is 1. The molecule has 1 rings (SSSR count). The number of aryl methyl sites for hydroxylation is 1. The summed E-state index contributed by atoms with van der Waals surface area (Å²) in [6.07, 6.45) is -2.47. The van der Waals surface area contributed by atoms with Gasteiger partial charge < -0.3 is 14.2 Å². The van der Waals surface area contributed by atoms with Crippen LogP contribution in [0, 0.1) is 17.0 Å². The van der Waals surface area contributed by atoms with Gasteiger partial charge in [0.05, 0.1) is 17.6 Å². The zero-order chi connectivity index (χ0) is 22.7. The van der Waals surface area contributed by atoms with Crippen LogP contribution in [0.2, 0.25) is 0 Å². The van der Waals surface area contributed by atoms with E-state index >= 15 is 0 Å². The van der Waals surface area contributed by atoms with Gasteiger partial charge in [0, 0.05) is 6.07 Å².